The Morgan fingerprint density at radius 3 is 2.11 bits per heavy atom. The number of rotatable bonds is 5. The van der Waals surface area contributed by atoms with Crippen LogP contribution in [0, 0.1) is 11.8 Å². The molecule has 0 aromatic heterocycles. The molecule has 3 N–H and O–H groups in total. The van der Waals surface area contributed by atoms with Gasteiger partial charge in [-0.25, -0.2) is 0 Å². The SMILES string of the molecule is CC(C)CNC(=O)C(=O)NCC(O)C1CCCCC1. The van der Waals surface area contributed by atoms with Crippen molar-refractivity contribution in [2.45, 2.75) is 52.1 Å². The van der Waals surface area contributed by atoms with Gasteiger partial charge < -0.3 is 15.7 Å². The van der Waals surface area contributed by atoms with Crippen molar-refractivity contribution >= 4 is 11.8 Å². The van der Waals surface area contributed by atoms with Gasteiger partial charge in [-0.05, 0) is 24.7 Å². The van der Waals surface area contributed by atoms with E-state index in [2.05, 4.69) is 10.6 Å². The minimum Gasteiger partial charge on any atom is -0.391 e. The van der Waals surface area contributed by atoms with E-state index in [1.807, 2.05) is 13.8 Å². The Hall–Kier alpha value is -1.10. The van der Waals surface area contributed by atoms with Gasteiger partial charge in [-0.2, -0.15) is 0 Å². The summed E-state index contributed by atoms with van der Waals surface area (Å²) >= 11 is 0. The van der Waals surface area contributed by atoms with E-state index in [1.165, 1.54) is 6.42 Å². The second-order valence-electron chi connectivity index (χ2n) is 5.78. The molecule has 1 aliphatic carbocycles. The Labute approximate surface area is 115 Å². The molecule has 0 radical (unpaired) electrons. The van der Waals surface area contributed by atoms with Crippen LogP contribution in [-0.2, 0) is 9.59 Å². The first-order chi connectivity index (χ1) is 9.00. The summed E-state index contributed by atoms with van der Waals surface area (Å²) in [6.45, 7) is 4.58. The maximum Gasteiger partial charge on any atom is 0.309 e. The number of aliphatic hydroxyl groups excluding tert-OH is 1. The molecule has 1 saturated carbocycles. The highest BCUT2D eigenvalue weighted by atomic mass is 16.3. The van der Waals surface area contributed by atoms with Crippen LogP contribution in [0.2, 0.25) is 0 Å². The van der Waals surface area contributed by atoms with Crippen molar-refractivity contribution in [2.75, 3.05) is 13.1 Å². The molecule has 0 aliphatic heterocycles. The minimum atomic E-state index is -0.657. The molecular weight excluding hydrogens is 244 g/mol. The van der Waals surface area contributed by atoms with Crippen LogP contribution in [0.25, 0.3) is 0 Å². The maximum atomic E-state index is 11.5. The fourth-order valence-electron chi connectivity index (χ4n) is 2.34. The number of hydrogen-bond donors (Lipinski definition) is 3. The first-order valence-corrected chi connectivity index (χ1v) is 7.24. The highest BCUT2D eigenvalue weighted by Gasteiger charge is 2.23. The molecule has 110 valence electrons. The second kappa shape index (κ2) is 8.15. The van der Waals surface area contributed by atoms with Crippen LogP contribution in [0.15, 0.2) is 0 Å². The number of aliphatic hydroxyl groups is 1. The summed E-state index contributed by atoms with van der Waals surface area (Å²) in [5.41, 5.74) is 0. The van der Waals surface area contributed by atoms with Gasteiger partial charge in [-0.15, -0.1) is 0 Å². The fraction of sp³-hybridized carbons (Fsp3) is 0.857. The van der Waals surface area contributed by atoms with Gasteiger partial charge in [0, 0.05) is 13.1 Å². The molecule has 19 heavy (non-hydrogen) atoms. The fourth-order valence-corrected chi connectivity index (χ4v) is 2.34. The Morgan fingerprint density at radius 2 is 1.58 bits per heavy atom. The predicted molar refractivity (Wildman–Crippen MR) is 73.4 cm³/mol. The molecule has 0 saturated heterocycles. The van der Waals surface area contributed by atoms with Crippen LogP contribution in [-0.4, -0.2) is 36.1 Å². The molecule has 2 amide bonds. The molecule has 1 fully saturated rings. The average Bonchev–Trinajstić information content (AvgIpc) is 2.42. The van der Waals surface area contributed by atoms with E-state index < -0.39 is 17.9 Å². The third-order valence-corrected chi connectivity index (χ3v) is 3.54. The Bertz CT molecular complexity index is 299. The van der Waals surface area contributed by atoms with Gasteiger partial charge in [0.05, 0.1) is 6.10 Å². The molecule has 1 rings (SSSR count). The van der Waals surface area contributed by atoms with E-state index >= 15 is 0 Å². The Morgan fingerprint density at radius 1 is 1.05 bits per heavy atom. The molecule has 0 aromatic rings. The molecule has 5 nitrogen and oxygen atoms in total. The van der Waals surface area contributed by atoms with Crippen molar-refractivity contribution in [1.29, 1.82) is 0 Å². The van der Waals surface area contributed by atoms with E-state index in [-0.39, 0.29) is 12.5 Å². The Kier molecular flexibility index (Phi) is 6.84. The smallest absolute Gasteiger partial charge is 0.309 e. The summed E-state index contributed by atoms with van der Waals surface area (Å²) in [5.74, 6) is -0.711. The van der Waals surface area contributed by atoms with Gasteiger partial charge in [0.25, 0.3) is 0 Å². The highest BCUT2D eigenvalue weighted by molar-refractivity contribution is 6.35. The molecule has 0 heterocycles. The summed E-state index contributed by atoms with van der Waals surface area (Å²) in [7, 11) is 0. The van der Waals surface area contributed by atoms with Crippen molar-refractivity contribution in [3.8, 4) is 0 Å². The number of nitrogens with one attached hydrogen (secondary N) is 2. The first kappa shape index (κ1) is 16.0. The normalized spacial score (nSPS) is 18.1. The average molecular weight is 270 g/mol. The van der Waals surface area contributed by atoms with Crippen LogP contribution < -0.4 is 10.6 Å². The first-order valence-electron chi connectivity index (χ1n) is 7.24. The molecule has 1 atom stereocenters. The van der Waals surface area contributed by atoms with E-state index in [0.717, 1.165) is 25.7 Å². The zero-order valence-electron chi connectivity index (χ0n) is 11.9. The molecule has 1 aliphatic rings. The van der Waals surface area contributed by atoms with Gasteiger partial charge in [0.15, 0.2) is 0 Å². The lowest BCUT2D eigenvalue weighted by atomic mass is 9.85. The van der Waals surface area contributed by atoms with Gasteiger partial charge in [-0.3, -0.25) is 9.59 Å². The largest absolute Gasteiger partial charge is 0.391 e. The van der Waals surface area contributed by atoms with Gasteiger partial charge >= 0.3 is 11.8 Å². The number of carbonyl (C=O) groups excluding carboxylic acids is 2. The predicted octanol–water partition coefficient (Wildman–Crippen LogP) is 0.816. The van der Waals surface area contributed by atoms with Crippen LogP contribution in [0.5, 0.6) is 0 Å². The molecule has 5 heteroatoms. The van der Waals surface area contributed by atoms with Gasteiger partial charge in [0.1, 0.15) is 0 Å². The van der Waals surface area contributed by atoms with Gasteiger partial charge in [0.2, 0.25) is 0 Å². The van der Waals surface area contributed by atoms with E-state index in [4.69, 9.17) is 0 Å². The quantitative estimate of drug-likeness (QED) is 0.647. The monoisotopic (exact) mass is 270 g/mol. The molecule has 0 spiro atoms. The zero-order chi connectivity index (χ0) is 14.3. The van der Waals surface area contributed by atoms with E-state index in [1.54, 1.807) is 0 Å². The van der Waals surface area contributed by atoms with Crippen molar-refractivity contribution in [2.24, 2.45) is 11.8 Å². The van der Waals surface area contributed by atoms with Crippen molar-refractivity contribution in [1.82, 2.24) is 10.6 Å². The third kappa shape index (κ3) is 6.05. The van der Waals surface area contributed by atoms with E-state index in [0.29, 0.717) is 12.5 Å². The third-order valence-electron chi connectivity index (χ3n) is 3.54. The van der Waals surface area contributed by atoms with Crippen LogP contribution in [0.1, 0.15) is 46.0 Å². The lowest BCUT2D eigenvalue weighted by Crippen LogP contribution is -2.45. The molecule has 0 aromatic carbocycles. The van der Waals surface area contributed by atoms with Crippen molar-refractivity contribution in [3.63, 3.8) is 0 Å². The second-order valence-corrected chi connectivity index (χ2v) is 5.78. The maximum absolute atomic E-state index is 11.5. The van der Waals surface area contributed by atoms with Crippen LogP contribution in [0.4, 0.5) is 0 Å². The summed E-state index contributed by atoms with van der Waals surface area (Å²) in [4.78, 5) is 22.9. The van der Waals surface area contributed by atoms with Crippen molar-refractivity contribution in [3.05, 3.63) is 0 Å². The van der Waals surface area contributed by atoms with Gasteiger partial charge in [-0.1, -0.05) is 33.1 Å². The lowest BCUT2D eigenvalue weighted by Gasteiger charge is -2.26. The summed E-state index contributed by atoms with van der Waals surface area (Å²) in [5, 5.41) is 15.0. The highest BCUT2D eigenvalue weighted by Crippen LogP contribution is 2.26. The lowest BCUT2D eigenvalue weighted by molar-refractivity contribution is -0.139. The number of carbonyl (C=O) groups is 2. The number of hydrogen-bond acceptors (Lipinski definition) is 3. The Balaban J connectivity index is 2.22. The molecule has 1 unspecified atom stereocenters. The summed E-state index contributed by atoms with van der Waals surface area (Å²) in [6, 6.07) is 0. The zero-order valence-corrected chi connectivity index (χ0v) is 11.9. The summed E-state index contributed by atoms with van der Waals surface area (Å²) < 4.78 is 0. The van der Waals surface area contributed by atoms with Crippen molar-refractivity contribution < 1.29 is 14.7 Å². The van der Waals surface area contributed by atoms with Crippen LogP contribution in [0.3, 0.4) is 0 Å². The summed E-state index contributed by atoms with van der Waals surface area (Å²) in [6.07, 6.45) is 5.00. The van der Waals surface area contributed by atoms with E-state index in [9.17, 15) is 14.7 Å². The van der Waals surface area contributed by atoms with Crippen LogP contribution >= 0.6 is 0 Å². The minimum absolute atomic E-state index is 0.165. The topological polar surface area (TPSA) is 78.4 Å². The molecular formula is C14H26N2O3. The molecule has 0 bridgehead atoms. The number of amides is 2. The standard InChI is InChI=1S/C14H26N2O3/c1-10(2)8-15-13(18)14(19)16-9-12(17)11-6-4-3-5-7-11/h10-12,17H,3-9H2,1-2H3,(H,15,18)(H,16,19).